The molecule has 14 nitrogen and oxygen atoms in total. The molecule has 1 rings (SSSR count). The fourth-order valence-corrected chi connectivity index (χ4v) is 3.31. The molecule has 0 aliphatic heterocycles. The standard InChI is InChI=1S/C23H35N5O9/c1-12(29)19(28-20(33)15(25)11-18(31)32)22(35)26-16(4-2-3-9-24)21(34)27-17(23(36)37)10-13-5-7-14(30)8-6-13/h5-8,12,15-17,19,29-30H,2-4,9-11,24-25H2,1H3,(H,26,35)(H,27,34)(H,28,33)(H,31,32)(H,36,37). The van der Waals surface area contributed by atoms with Gasteiger partial charge in [-0.1, -0.05) is 12.1 Å². The van der Waals surface area contributed by atoms with Gasteiger partial charge >= 0.3 is 11.9 Å². The van der Waals surface area contributed by atoms with E-state index in [-0.39, 0.29) is 18.6 Å². The molecule has 0 aromatic heterocycles. The summed E-state index contributed by atoms with van der Waals surface area (Å²) in [5.74, 6) is -5.43. The predicted molar refractivity (Wildman–Crippen MR) is 130 cm³/mol. The molecular formula is C23H35N5O9. The molecule has 0 aliphatic rings. The van der Waals surface area contributed by atoms with E-state index in [9.17, 15) is 39.3 Å². The summed E-state index contributed by atoms with van der Waals surface area (Å²) in [6, 6.07) is 0.123. The smallest absolute Gasteiger partial charge is 0.326 e. The highest BCUT2D eigenvalue weighted by atomic mass is 16.4. The van der Waals surface area contributed by atoms with Gasteiger partial charge in [-0.15, -0.1) is 0 Å². The summed E-state index contributed by atoms with van der Waals surface area (Å²) in [6.07, 6.45) is -1.25. The SMILES string of the molecule is CC(O)C(NC(=O)C(N)CC(=O)O)C(=O)NC(CCCCN)C(=O)NC(Cc1ccc(O)cc1)C(=O)O. The minimum Gasteiger partial charge on any atom is -0.508 e. The average Bonchev–Trinajstić information content (AvgIpc) is 2.81. The molecule has 0 spiro atoms. The molecule has 0 saturated carbocycles. The van der Waals surface area contributed by atoms with E-state index in [4.69, 9.17) is 16.6 Å². The van der Waals surface area contributed by atoms with E-state index < -0.39 is 66.4 Å². The van der Waals surface area contributed by atoms with E-state index in [1.54, 1.807) is 0 Å². The van der Waals surface area contributed by atoms with Crippen molar-refractivity contribution >= 4 is 29.7 Å². The second kappa shape index (κ2) is 15.4. The number of benzene rings is 1. The molecule has 14 heteroatoms. The Morgan fingerprint density at radius 1 is 0.892 bits per heavy atom. The van der Waals surface area contributed by atoms with E-state index in [0.29, 0.717) is 24.9 Å². The van der Waals surface area contributed by atoms with Gasteiger partial charge < -0.3 is 47.8 Å². The number of unbranched alkanes of at least 4 members (excludes halogenated alkanes) is 1. The minimum absolute atomic E-state index is 0.00832. The maximum Gasteiger partial charge on any atom is 0.326 e. The number of phenols is 1. The molecule has 5 unspecified atom stereocenters. The van der Waals surface area contributed by atoms with Crippen LogP contribution in [0, 0.1) is 0 Å². The molecule has 5 atom stereocenters. The van der Waals surface area contributed by atoms with Crippen molar-refractivity contribution in [2.24, 2.45) is 11.5 Å². The maximum atomic E-state index is 13.0. The number of aliphatic carboxylic acids is 2. The first-order valence-electron chi connectivity index (χ1n) is 11.6. The van der Waals surface area contributed by atoms with Crippen molar-refractivity contribution in [2.45, 2.75) is 69.3 Å². The Labute approximate surface area is 213 Å². The van der Waals surface area contributed by atoms with Crippen LogP contribution < -0.4 is 27.4 Å². The summed E-state index contributed by atoms with van der Waals surface area (Å²) in [7, 11) is 0. The van der Waals surface area contributed by atoms with Crippen LogP contribution in [-0.2, 0) is 30.4 Å². The molecule has 0 heterocycles. The summed E-state index contributed by atoms with van der Waals surface area (Å²) in [4.78, 5) is 60.6. The van der Waals surface area contributed by atoms with Crippen molar-refractivity contribution in [1.82, 2.24) is 16.0 Å². The molecule has 0 bridgehead atoms. The van der Waals surface area contributed by atoms with Gasteiger partial charge in [-0.25, -0.2) is 4.79 Å². The largest absolute Gasteiger partial charge is 0.508 e. The third-order valence-corrected chi connectivity index (χ3v) is 5.36. The highest BCUT2D eigenvalue weighted by molar-refractivity contribution is 5.95. The summed E-state index contributed by atoms with van der Waals surface area (Å²) in [5, 5.41) is 44.8. The Bertz CT molecular complexity index is 939. The zero-order chi connectivity index (χ0) is 28.1. The highest BCUT2D eigenvalue weighted by Gasteiger charge is 2.32. The van der Waals surface area contributed by atoms with Gasteiger partial charge in [0.2, 0.25) is 17.7 Å². The number of hydrogen-bond acceptors (Lipinski definition) is 9. The number of hydrogen-bond donors (Lipinski definition) is 9. The fourth-order valence-electron chi connectivity index (χ4n) is 3.31. The Kier molecular flexibility index (Phi) is 13.0. The van der Waals surface area contributed by atoms with E-state index in [1.807, 2.05) is 0 Å². The van der Waals surface area contributed by atoms with Gasteiger partial charge in [0.1, 0.15) is 23.9 Å². The quantitative estimate of drug-likeness (QED) is 0.104. The van der Waals surface area contributed by atoms with Crippen molar-refractivity contribution in [2.75, 3.05) is 6.54 Å². The van der Waals surface area contributed by atoms with Crippen LogP contribution in [0.25, 0.3) is 0 Å². The number of aromatic hydroxyl groups is 1. The number of aliphatic hydroxyl groups is 1. The van der Waals surface area contributed by atoms with Crippen molar-refractivity contribution in [3.8, 4) is 5.75 Å². The van der Waals surface area contributed by atoms with Crippen molar-refractivity contribution in [3.05, 3.63) is 29.8 Å². The Balaban J connectivity index is 3.00. The lowest BCUT2D eigenvalue weighted by Gasteiger charge is -2.26. The average molecular weight is 526 g/mol. The van der Waals surface area contributed by atoms with Gasteiger partial charge in [-0.3, -0.25) is 19.2 Å². The number of phenolic OH excluding ortho intramolecular Hbond substituents is 1. The number of amides is 3. The monoisotopic (exact) mass is 525 g/mol. The summed E-state index contributed by atoms with van der Waals surface area (Å²) in [6.45, 7) is 1.52. The molecule has 0 radical (unpaired) electrons. The van der Waals surface area contributed by atoms with Crippen molar-refractivity contribution < 1.29 is 44.4 Å². The molecule has 37 heavy (non-hydrogen) atoms. The van der Waals surface area contributed by atoms with Crippen LogP contribution in [0.2, 0.25) is 0 Å². The van der Waals surface area contributed by atoms with Crippen LogP contribution in [0.3, 0.4) is 0 Å². The predicted octanol–water partition coefficient (Wildman–Crippen LogP) is -2.21. The van der Waals surface area contributed by atoms with Gasteiger partial charge in [0, 0.05) is 6.42 Å². The maximum absolute atomic E-state index is 13.0. The molecule has 0 saturated heterocycles. The van der Waals surface area contributed by atoms with Crippen molar-refractivity contribution in [3.63, 3.8) is 0 Å². The van der Waals surface area contributed by atoms with Crippen LogP contribution in [0.15, 0.2) is 24.3 Å². The van der Waals surface area contributed by atoms with E-state index in [1.165, 1.54) is 31.2 Å². The molecule has 0 aliphatic carbocycles. The van der Waals surface area contributed by atoms with Crippen LogP contribution in [0.1, 0.15) is 38.2 Å². The lowest BCUT2D eigenvalue weighted by atomic mass is 10.0. The van der Waals surface area contributed by atoms with E-state index >= 15 is 0 Å². The minimum atomic E-state index is -1.57. The number of carbonyl (C=O) groups is 5. The number of rotatable bonds is 16. The number of carboxylic acids is 2. The molecule has 1 aromatic carbocycles. The first kappa shape index (κ1) is 31.3. The fraction of sp³-hybridized carbons (Fsp3) is 0.522. The summed E-state index contributed by atoms with van der Waals surface area (Å²) >= 11 is 0. The summed E-state index contributed by atoms with van der Waals surface area (Å²) in [5.41, 5.74) is 11.5. The highest BCUT2D eigenvalue weighted by Crippen LogP contribution is 2.12. The number of carboxylic acid groups (broad SMARTS) is 2. The number of nitrogens with one attached hydrogen (secondary N) is 3. The number of aliphatic hydroxyl groups excluding tert-OH is 1. The Hall–Kier alpha value is -3.75. The van der Waals surface area contributed by atoms with Crippen molar-refractivity contribution in [1.29, 1.82) is 0 Å². The zero-order valence-corrected chi connectivity index (χ0v) is 20.4. The van der Waals surface area contributed by atoms with Gasteiger partial charge in [-0.05, 0) is 50.4 Å². The lowest BCUT2D eigenvalue weighted by Crippen LogP contribution is -2.60. The van der Waals surface area contributed by atoms with Crippen LogP contribution in [-0.4, -0.2) is 86.9 Å². The second-order valence-electron chi connectivity index (χ2n) is 8.55. The van der Waals surface area contributed by atoms with Crippen LogP contribution in [0.4, 0.5) is 0 Å². The van der Waals surface area contributed by atoms with Gasteiger partial charge in [0.25, 0.3) is 0 Å². The molecule has 206 valence electrons. The van der Waals surface area contributed by atoms with Gasteiger partial charge in [-0.2, -0.15) is 0 Å². The molecular weight excluding hydrogens is 490 g/mol. The van der Waals surface area contributed by atoms with Crippen LogP contribution >= 0.6 is 0 Å². The molecule has 3 amide bonds. The zero-order valence-electron chi connectivity index (χ0n) is 20.4. The Morgan fingerprint density at radius 2 is 1.49 bits per heavy atom. The Morgan fingerprint density at radius 3 is 2.00 bits per heavy atom. The molecule has 0 fully saturated rings. The lowest BCUT2D eigenvalue weighted by molar-refractivity contribution is -0.142. The van der Waals surface area contributed by atoms with E-state index in [0.717, 1.165) is 0 Å². The van der Waals surface area contributed by atoms with E-state index in [2.05, 4.69) is 16.0 Å². The number of nitrogens with two attached hydrogens (primary N) is 2. The molecule has 1 aromatic rings. The third kappa shape index (κ3) is 11.2. The first-order chi connectivity index (χ1) is 17.3. The first-order valence-corrected chi connectivity index (χ1v) is 11.6. The molecule has 11 N–H and O–H groups in total. The topological polar surface area (TPSA) is 254 Å². The second-order valence-corrected chi connectivity index (χ2v) is 8.55. The van der Waals surface area contributed by atoms with Gasteiger partial charge in [0.15, 0.2) is 0 Å². The normalized spacial score (nSPS) is 14.9. The third-order valence-electron chi connectivity index (χ3n) is 5.36. The van der Waals surface area contributed by atoms with Gasteiger partial charge in [0.05, 0.1) is 18.6 Å². The number of carbonyl (C=O) groups excluding carboxylic acids is 3. The van der Waals surface area contributed by atoms with Crippen LogP contribution in [0.5, 0.6) is 5.75 Å². The summed E-state index contributed by atoms with van der Waals surface area (Å²) < 4.78 is 0.